The van der Waals surface area contributed by atoms with Gasteiger partial charge in [-0.15, -0.1) is 0 Å². The van der Waals surface area contributed by atoms with E-state index in [0.29, 0.717) is 11.3 Å². The van der Waals surface area contributed by atoms with E-state index in [-0.39, 0.29) is 0 Å². The number of aryl methyl sites for hydroxylation is 2. The van der Waals surface area contributed by atoms with Gasteiger partial charge in [0, 0.05) is 12.6 Å². The Morgan fingerprint density at radius 3 is 2.16 bits per heavy atom. The van der Waals surface area contributed by atoms with Crippen LogP contribution < -0.4 is 11.1 Å². The number of ether oxygens (including phenoxy) is 1. The zero-order valence-corrected chi connectivity index (χ0v) is 11.5. The molecule has 0 saturated heterocycles. The van der Waals surface area contributed by atoms with Gasteiger partial charge in [-0.2, -0.15) is 0 Å². The first-order valence-corrected chi connectivity index (χ1v) is 5.79. The molecule has 0 aliphatic heterocycles. The summed E-state index contributed by atoms with van der Waals surface area (Å²) in [5, 5.41) is 2.79. The molecular formula is C14H18N2O3. The molecule has 1 rings (SSSR count). The summed E-state index contributed by atoms with van der Waals surface area (Å²) in [6.07, 6.45) is 1.70. The number of carbonyl (C=O) groups is 2. The van der Waals surface area contributed by atoms with Crippen LogP contribution in [0.1, 0.15) is 27.0 Å². The monoisotopic (exact) mass is 262 g/mol. The average Bonchev–Trinajstić information content (AvgIpc) is 2.37. The molecule has 0 atom stereocenters. The van der Waals surface area contributed by atoms with E-state index < -0.39 is 11.9 Å². The first-order chi connectivity index (χ1) is 8.90. The lowest BCUT2D eigenvalue weighted by molar-refractivity contribution is -0.136. The molecule has 0 radical (unpaired) electrons. The lowest BCUT2D eigenvalue weighted by atomic mass is 9.98. The highest BCUT2D eigenvalue weighted by Crippen LogP contribution is 2.19. The summed E-state index contributed by atoms with van der Waals surface area (Å²) in [5.41, 5.74) is 8.65. The average molecular weight is 262 g/mol. The van der Waals surface area contributed by atoms with Gasteiger partial charge in [-0.1, -0.05) is 0 Å². The summed E-state index contributed by atoms with van der Waals surface area (Å²) in [4.78, 5) is 22.7. The first-order valence-electron chi connectivity index (χ1n) is 5.79. The Morgan fingerprint density at radius 2 is 1.79 bits per heavy atom. The van der Waals surface area contributed by atoms with E-state index in [9.17, 15) is 9.59 Å². The molecule has 102 valence electrons. The largest absolute Gasteiger partial charge is 0.464 e. The zero-order chi connectivity index (χ0) is 14.6. The normalized spacial score (nSPS) is 11.1. The van der Waals surface area contributed by atoms with Crippen LogP contribution in [0.4, 0.5) is 0 Å². The molecule has 0 aromatic heterocycles. The Bertz CT molecular complexity index is 525. The fourth-order valence-corrected chi connectivity index (χ4v) is 1.83. The van der Waals surface area contributed by atoms with E-state index in [4.69, 9.17) is 5.73 Å². The summed E-state index contributed by atoms with van der Waals surface area (Å²) in [5.74, 6) is -0.913. The number of nitrogens with one attached hydrogen (secondary N) is 1. The van der Waals surface area contributed by atoms with Crippen molar-refractivity contribution in [2.45, 2.75) is 13.8 Å². The third kappa shape index (κ3) is 3.34. The number of carbonyl (C=O) groups excluding carboxylic acids is 2. The molecule has 5 heteroatoms. The maximum absolute atomic E-state index is 11.5. The standard InChI is InChI=1S/C14H18N2O3/c1-8-5-10(13(15)17)6-9(2)11(8)7-12(16-3)14(18)19-4/h5-7,16H,1-4H3,(H2,15,17)/b12-7-. The van der Waals surface area contributed by atoms with Gasteiger partial charge in [-0.25, -0.2) is 4.79 Å². The molecule has 0 aliphatic carbocycles. The summed E-state index contributed by atoms with van der Waals surface area (Å²) in [6, 6.07) is 3.40. The molecule has 5 nitrogen and oxygen atoms in total. The second-order valence-corrected chi connectivity index (χ2v) is 4.19. The third-order valence-electron chi connectivity index (χ3n) is 2.84. The van der Waals surface area contributed by atoms with Gasteiger partial charge < -0.3 is 15.8 Å². The van der Waals surface area contributed by atoms with Crippen LogP contribution in [0.5, 0.6) is 0 Å². The van der Waals surface area contributed by atoms with E-state index >= 15 is 0 Å². The highest BCUT2D eigenvalue weighted by atomic mass is 16.5. The lowest BCUT2D eigenvalue weighted by Crippen LogP contribution is -2.17. The maximum atomic E-state index is 11.5. The van der Waals surface area contributed by atoms with E-state index in [0.717, 1.165) is 16.7 Å². The van der Waals surface area contributed by atoms with E-state index in [2.05, 4.69) is 10.1 Å². The van der Waals surface area contributed by atoms with Crippen molar-refractivity contribution in [3.63, 3.8) is 0 Å². The highest BCUT2D eigenvalue weighted by Gasteiger charge is 2.11. The molecule has 1 aromatic carbocycles. The van der Waals surface area contributed by atoms with Crippen molar-refractivity contribution in [3.8, 4) is 0 Å². The summed E-state index contributed by atoms with van der Waals surface area (Å²) >= 11 is 0. The van der Waals surface area contributed by atoms with Crippen molar-refractivity contribution in [2.75, 3.05) is 14.2 Å². The van der Waals surface area contributed by atoms with E-state index in [1.807, 2.05) is 13.8 Å². The molecule has 1 aromatic rings. The predicted octanol–water partition coefficient (Wildman–Crippen LogP) is 1.14. The minimum absolute atomic E-state index is 0.348. The van der Waals surface area contributed by atoms with Gasteiger partial charge in [0.2, 0.25) is 5.91 Å². The van der Waals surface area contributed by atoms with Gasteiger partial charge in [0.15, 0.2) is 0 Å². The van der Waals surface area contributed by atoms with Crippen LogP contribution in [0.25, 0.3) is 6.08 Å². The quantitative estimate of drug-likeness (QED) is 0.629. The Kier molecular flexibility index (Phi) is 4.69. The van der Waals surface area contributed by atoms with Gasteiger partial charge >= 0.3 is 5.97 Å². The number of nitrogens with two attached hydrogens (primary N) is 1. The number of esters is 1. The Balaban J connectivity index is 3.32. The Morgan fingerprint density at radius 1 is 1.26 bits per heavy atom. The van der Waals surface area contributed by atoms with Gasteiger partial charge in [-0.05, 0) is 48.7 Å². The minimum Gasteiger partial charge on any atom is -0.464 e. The van der Waals surface area contributed by atoms with E-state index in [1.54, 1.807) is 25.3 Å². The number of rotatable bonds is 4. The van der Waals surface area contributed by atoms with Crippen molar-refractivity contribution < 1.29 is 14.3 Å². The number of hydrogen-bond acceptors (Lipinski definition) is 4. The molecule has 0 unspecified atom stereocenters. The minimum atomic E-state index is -0.469. The van der Waals surface area contributed by atoms with Crippen LogP contribution in [0.3, 0.4) is 0 Å². The SMILES string of the molecule is CN/C(=C\c1c(C)cc(C(N)=O)cc1C)C(=O)OC. The van der Waals surface area contributed by atoms with Crippen LogP contribution in [-0.4, -0.2) is 26.0 Å². The number of benzene rings is 1. The molecule has 19 heavy (non-hydrogen) atoms. The Hall–Kier alpha value is -2.30. The second-order valence-electron chi connectivity index (χ2n) is 4.19. The molecular weight excluding hydrogens is 244 g/mol. The molecule has 0 spiro atoms. The molecule has 0 heterocycles. The number of likely N-dealkylation sites (N-methyl/N-ethyl adjacent to an activating group) is 1. The van der Waals surface area contributed by atoms with Crippen LogP contribution in [-0.2, 0) is 9.53 Å². The lowest BCUT2D eigenvalue weighted by Gasteiger charge is -2.10. The van der Waals surface area contributed by atoms with Gasteiger partial charge in [0.05, 0.1) is 7.11 Å². The molecule has 0 aliphatic rings. The number of hydrogen-bond donors (Lipinski definition) is 2. The molecule has 0 fully saturated rings. The van der Waals surface area contributed by atoms with E-state index in [1.165, 1.54) is 7.11 Å². The van der Waals surface area contributed by atoms with Gasteiger partial charge in [0.1, 0.15) is 5.70 Å². The van der Waals surface area contributed by atoms with Crippen LogP contribution in [0.15, 0.2) is 17.8 Å². The predicted molar refractivity (Wildman–Crippen MR) is 73.5 cm³/mol. The van der Waals surface area contributed by atoms with Crippen molar-refractivity contribution >= 4 is 18.0 Å². The number of methoxy groups -OCH3 is 1. The number of amides is 1. The van der Waals surface area contributed by atoms with Crippen LogP contribution in [0, 0.1) is 13.8 Å². The van der Waals surface area contributed by atoms with Crippen LogP contribution in [0.2, 0.25) is 0 Å². The maximum Gasteiger partial charge on any atom is 0.354 e. The second kappa shape index (κ2) is 6.04. The van der Waals surface area contributed by atoms with Crippen molar-refractivity contribution in [1.82, 2.24) is 5.32 Å². The highest BCUT2D eigenvalue weighted by molar-refractivity contribution is 5.95. The molecule has 1 amide bonds. The summed E-state index contributed by atoms with van der Waals surface area (Å²) in [7, 11) is 2.97. The first kappa shape index (κ1) is 14.8. The molecule has 0 bridgehead atoms. The summed E-state index contributed by atoms with van der Waals surface area (Å²) in [6.45, 7) is 3.71. The van der Waals surface area contributed by atoms with Gasteiger partial charge in [0.25, 0.3) is 0 Å². The number of primary amides is 1. The van der Waals surface area contributed by atoms with Crippen LogP contribution >= 0.6 is 0 Å². The Labute approximate surface area is 112 Å². The fraction of sp³-hybridized carbons (Fsp3) is 0.286. The fourth-order valence-electron chi connectivity index (χ4n) is 1.83. The summed E-state index contributed by atoms with van der Waals surface area (Å²) < 4.78 is 4.67. The van der Waals surface area contributed by atoms with Crippen molar-refractivity contribution in [1.29, 1.82) is 0 Å². The van der Waals surface area contributed by atoms with Crippen molar-refractivity contribution in [3.05, 3.63) is 40.1 Å². The smallest absolute Gasteiger partial charge is 0.354 e. The van der Waals surface area contributed by atoms with Crippen molar-refractivity contribution in [2.24, 2.45) is 5.73 Å². The third-order valence-corrected chi connectivity index (χ3v) is 2.84. The molecule has 0 saturated carbocycles. The zero-order valence-electron chi connectivity index (χ0n) is 11.5. The topological polar surface area (TPSA) is 81.4 Å². The molecule has 3 N–H and O–H groups in total. The van der Waals surface area contributed by atoms with Gasteiger partial charge in [-0.3, -0.25) is 4.79 Å².